The van der Waals surface area contributed by atoms with E-state index in [1.54, 1.807) is 11.9 Å². The summed E-state index contributed by atoms with van der Waals surface area (Å²) in [7, 11) is 3.64. The minimum atomic E-state index is -1.16. The summed E-state index contributed by atoms with van der Waals surface area (Å²) in [5, 5.41) is 14.1. The first-order valence-electron chi connectivity index (χ1n) is 13.0. The highest BCUT2D eigenvalue weighted by Gasteiger charge is 2.37. The zero-order chi connectivity index (χ0) is 27.9. The number of aromatic carboxylic acids is 1. The van der Waals surface area contributed by atoms with Crippen LogP contribution in [-0.2, 0) is 19.1 Å². The molecule has 2 N–H and O–H groups in total. The van der Waals surface area contributed by atoms with E-state index >= 15 is 0 Å². The summed E-state index contributed by atoms with van der Waals surface area (Å²) in [4.78, 5) is 58.0. The third kappa shape index (κ3) is 8.23. The summed E-state index contributed by atoms with van der Waals surface area (Å²) in [6, 6.07) is -1.29. The van der Waals surface area contributed by atoms with Crippen molar-refractivity contribution in [2.75, 3.05) is 20.6 Å². The van der Waals surface area contributed by atoms with Crippen LogP contribution in [0.25, 0.3) is 0 Å². The molecule has 0 aromatic carbocycles. The van der Waals surface area contributed by atoms with Crippen molar-refractivity contribution in [1.82, 2.24) is 20.1 Å². The van der Waals surface area contributed by atoms with Crippen LogP contribution >= 0.6 is 11.3 Å². The quantitative estimate of drug-likeness (QED) is 0.388. The number of aromatic nitrogens is 1. The summed E-state index contributed by atoms with van der Waals surface area (Å²) in [5.41, 5.74) is -0.116. The number of hydrogen-bond acceptors (Lipinski definition) is 8. The van der Waals surface area contributed by atoms with Gasteiger partial charge in [0, 0.05) is 31.8 Å². The maximum absolute atomic E-state index is 13.8. The number of carbonyl (C=O) groups excluding carboxylic acids is 3. The molecule has 1 saturated heterocycles. The zero-order valence-electron chi connectivity index (χ0n) is 23.0. The van der Waals surface area contributed by atoms with Crippen LogP contribution in [0, 0.1) is 11.8 Å². The van der Waals surface area contributed by atoms with Gasteiger partial charge in [-0.05, 0) is 38.3 Å². The molecule has 37 heavy (non-hydrogen) atoms. The Labute approximate surface area is 223 Å². The molecule has 2 unspecified atom stereocenters. The Morgan fingerprint density at radius 3 is 2.46 bits per heavy atom. The lowest BCUT2D eigenvalue weighted by molar-refractivity contribution is -0.149. The van der Waals surface area contributed by atoms with Gasteiger partial charge < -0.3 is 20.1 Å². The van der Waals surface area contributed by atoms with Gasteiger partial charge >= 0.3 is 11.9 Å². The minimum Gasteiger partial charge on any atom is -0.476 e. The second kappa shape index (κ2) is 13.9. The maximum Gasteiger partial charge on any atom is 0.355 e. The van der Waals surface area contributed by atoms with Crippen LogP contribution in [0.4, 0.5) is 0 Å². The Bertz CT molecular complexity index is 951. The summed E-state index contributed by atoms with van der Waals surface area (Å²) in [6.07, 6.45) is 2.97. The fraction of sp³-hybridized carbons (Fsp3) is 0.731. The molecule has 5 atom stereocenters. The molecule has 2 rings (SSSR count). The second-order valence-corrected chi connectivity index (χ2v) is 11.2. The highest BCUT2D eigenvalue weighted by atomic mass is 32.1. The number of hydrogen-bond donors (Lipinski definition) is 2. The molecule has 1 aliphatic rings. The maximum atomic E-state index is 13.8. The molecular formula is C26H42N4O6S. The average molecular weight is 539 g/mol. The van der Waals surface area contributed by atoms with Gasteiger partial charge in [0.05, 0.1) is 6.04 Å². The lowest BCUT2D eigenvalue weighted by Crippen LogP contribution is -2.58. The van der Waals surface area contributed by atoms with Gasteiger partial charge in [-0.25, -0.2) is 9.78 Å². The molecule has 0 radical (unpaired) electrons. The summed E-state index contributed by atoms with van der Waals surface area (Å²) < 4.78 is 5.53. The van der Waals surface area contributed by atoms with Gasteiger partial charge in [0.25, 0.3) is 0 Å². The molecule has 1 aromatic heterocycles. The zero-order valence-corrected chi connectivity index (χ0v) is 23.8. The molecule has 2 amide bonds. The fourth-order valence-corrected chi connectivity index (χ4v) is 5.59. The molecule has 1 aliphatic heterocycles. The smallest absolute Gasteiger partial charge is 0.355 e. The van der Waals surface area contributed by atoms with E-state index in [1.807, 2.05) is 39.6 Å². The van der Waals surface area contributed by atoms with Crippen molar-refractivity contribution in [2.45, 2.75) is 91.0 Å². The number of rotatable bonds is 12. The third-order valence-electron chi connectivity index (χ3n) is 7.24. The van der Waals surface area contributed by atoms with Crippen LogP contribution in [0.1, 0.15) is 88.3 Å². The average Bonchev–Trinajstić information content (AvgIpc) is 3.34. The number of carboxylic acid groups (broad SMARTS) is 1. The van der Waals surface area contributed by atoms with E-state index < -0.39 is 24.1 Å². The van der Waals surface area contributed by atoms with Crippen molar-refractivity contribution in [1.29, 1.82) is 0 Å². The molecule has 208 valence electrons. The molecular weight excluding hydrogens is 496 g/mol. The van der Waals surface area contributed by atoms with Crippen molar-refractivity contribution in [3.05, 3.63) is 16.1 Å². The molecule has 0 saturated carbocycles. The predicted molar refractivity (Wildman–Crippen MR) is 141 cm³/mol. The first-order valence-corrected chi connectivity index (χ1v) is 13.9. The Morgan fingerprint density at radius 2 is 1.95 bits per heavy atom. The van der Waals surface area contributed by atoms with Crippen LogP contribution in [0.3, 0.4) is 0 Å². The number of likely N-dealkylation sites (N-methyl/N-ethyl adjacent to an activating group) is 2. The van der Waals surface area contributed by atoms with Gasteiger partial charge in [-0.15, -0.1) is 11.3 Å². The molecule has 0 bridgehead atoms. The van der Waals surface area contributed by atoms with Crippen LogP contribution in [-0.4, -0.2) is 82.4 Å². The number of piperidine rings is 1. The lowest BCUT2D eigenvalue weighted by atomic mass is 9.92. The SMILES string of the molecule is CCC(C)[C@H](NC(=O)C1CCCCN1C)C(=O)N(C)[C@H](C[C@@H](OC(C)=O)c1nc(C(=O)O)cs1)C(C)C. The number of likely N-dealkylation sites (tertiary alicyclic amines) is 1. The van der Waals surface area contributed by atoms with Gasteiger partial charge in [0.15, 0.2) is 11.8 Å². The van der Waals surface area contributed by atoms with E-state index in [4.69, 9.17) is 4.74 Å². The van der Waals surface area contributed by atoms with Crippen molar-refractivity contribution < 1.29 is 29.0 Å². The number of ether oxygens (including phenoxy) is 1. The Morgan fingerprint density at radius 1 is 1.27 bits per heavy atom. The van der Waals surface area contributed by atoms with Gasteiger partial charge in [0.2, 0.25) is 11.8 Å². The van der Waals surface area contributed by atoms with Gasteiger partial charge in [0.1, 0.15) is 11.0 Å². The number of nitrogens with one attached hydrogen (secondary N) is 1. The number of amides is 2. The van der Waals surface area contributed by atoms with E-state index in [0.29, 0.717) is 11.4 Å². The summed E-state index contributed by atoms with van der Waals surface area (Å²) >= 11 is 1.11. The number of nitrogens with zero attached hydrogens (tertiary/aromatic N) is 3. The highest BCUT2D eigenvalue weighted by molar-refractivity contribution is 7.09. The standard InChI is InChI=1S/C26H42N4O6S/c1-8-16(4)22(28-23(32)19-11-9-10-12-29(19)6)25(33)30(7)20(15(2)3)13-21(36-17(5)31)24-27-18(14-37-24)26(34)35/h14-16,19-22H,8-13H2,1-7H3,(H,28,32)(H,34,35)/t16?,19?,20-,21-,22+/m1/s1. The lowest BCUT2D eigenvalue weighted by Gasteiger charge is -2.38. The first kappa shape index (κ1) is 30.7. The van der Waals surface area contributed by atoms with E-state index in [9.17, 15) is 24.3 Å². The normalized spacial score (nSPS) is 19.5. The monoisotopic (exact) mass is 538 g/mol. The first-order chi connectivity index (χ1) is 17.4. The molecule has 2 heterocycles. The van der Waals surface area contributed by atoms with Crippen LogP contribution in [0.2, 0.25) is 0 Å². The van der Waals surface area contributed by atoms with Crippen molar-refractivity contribution in [3.63, 3.8) is 0 Å². The molecule has 1 aromatic rings. The van der Waals surface area contributed by atoms with Gasteiger partial charge in [-0.1, -0.05) is 40.5 Å². The van der Waals surface area contributed by atoms with Crippen LogP contribution < -0.4 is 5.32 Å². The highest BCUT2D eigenvalue weighted by Crippen LogP contribution is 2.31. The van der Waals surface area contributed by atoms with Crippen LogP contribution in [0.15, 0.2) is 5.38 Å². The minimum absolute atomic E-state index is 0.0105. The third-order valence-corrected chi connectivity index (χ3v) is 8.18. The van der Waals surface area contributed by atoms with E-state index in [1.165, 1.54) is 12.3 Å². The van der Waals surface area contributed by atoms with Crippen LogP contribution in [0.5, 0.6) is 0 Å². The van der Waals surface area contributed by atoms with Crippen molar-refractivity contribution >= 4 is 35.1 Å². The Kier molecular flexibility index (Phi) is 11.5. The number of carboxylic acids is 1. The van der Waals surface area contributed by atoms with Gasteiger partial charge in [-0.2, -0.15) is 0 Å². The second-order valence-electron chi connectivity index (χ2n) is 10.3. The number of carbonyl (C=O) groups is 4. The summed E-state index contributed by atoms with van der Waals surface area (Å²) in [6.45, 7) is 10.0. The van der Waals surface area contributed by atoms with Crippen molar-refractivity contribution in [2.24, 2.45) is 11.8 Å². The van der Waals surface area contributed by atoms with Crippen molar-refractivity contribution in [3.8, 4) is 0 Å². The largest absolute Gasteiger partial charge is 0.476 e. The van der Waals surface area contributed by atoms with E-state index in [0.717, 1.165) is 37.1 Å². The summed E-state index contributed by atoms with van der Waals surface area (Å²) in [5.74, 6) is -2.10. The molecule has 10 nitrogen and oxygen atoms in total. The molecule has 0 spiro atoms. The number of thiazole rings is 1. The van der Waals surface area contributed by atoms with E-state index in [2.05, 4.69) is 10.3 Å². The fourth-order valence-electron chi connectivity index (χ4n) is 4.75. The topological polar surface area (TPSA) is 129 Å². The molecule has 0 aliphatic carbocycles. The predicted octanol–water partition coefficient (Wildman–Crippen LogP) is 3.33. The molecule has 1 fully saturated rings. The number of esters is 1. The van der Waals surface area contributed by atoms with Gasteiger partial charge in [-0.3, -0.25) is 19.3 Å². The molecule has 11 heteroatoms. The van der Waals surface area contributed by atoms with E-state index in [-0.39, 0.29) is 47.8 Å². The Balaban J connectivity index is 2.27. The Hall–Kier alpha value is -2.53.